The minimum absolute atomic E-state index is 0.542. The third kappa shape index (κ3) is 2.41. The Hall–Kier alpha value is -1.87. The van der Waals surface area contributed by atoms with Gasteiger partial charge in [-0.3, -0.25) is 4.79 Å². The fourth-order valence-electron chi connectivity index (χ4n) is 2.97. The van der Waals surface area contributed by atoms with Crippen molar-refractivity contribution in [1.82, 2.24) is 0 Å². The molecule has 104 valence electrons. The van der Waals surface area contributed by atoms with Crippen molar-refractivity contribution in [2.24, 2.45) is 5.41 Å². The van der Waals surface area contributed by atoms with Crippen LogP contribution in [0.3, 0.4) is 0 Å². The van der Waals surface area contributed by atoms with Crippen LogP contribution in [0, 0.1) is 5.41 Å². The molecule has 0 aromatic heterocycles. The Morgan fingerprint density at radius 3 is 2.50 bits per heavy atom. The van der Waals surface area contributed by atoms with Crippen LogP contribution in [0.2, 0.25) is 0 Å². The molecular weight excluding hydrogens is 252 g/mol. The molecule has 1 aliphatic rings. The molecule has 1 fully saturated rings. The summed E-state index contributed by atoms with van der Waals surface area (Å²) in [6.45, 7) is 1.08. The van der Waals surface area contributed by atoms with Gasteiger partial charge in [0, 0.05) is 13.2 Å². The normalized spacial score (nSPS) is 18.0. The van der Waals surface area contributed by atoms with Crippen molar-refractivity contribution < 1.29 is 14.6 Å². The number of hydrogen-bond donors (Lipinski definition) is 1. The first-order valence-corrected chi connectivity index (χ1v) is 6.98. The van der Waals surface area contributed by atoms with Crippen LogP contribution in [0.5, 0.6) is 0 Å². The predicted octanol–water partition coefficient (Wildman–Crippen LogP) is 3.26. The van der Waals surface area contributed by atoms with Gasteiger partial charge in [-0.15, -0.1) is 0 Å². The van der Waals surface area contributed by atoms with Crippen molar-refractivity contribution >= 4 is 16.7 Å². The topological polar surface area (TPSA) is 46.5 Å². The third-order valence-electron chi connectivity index (χ3n) is 4.26. The molecule has 1 heterocycles. The highest BCUT2D eigenvalue weighted by Crippen LogP contribution is 2.35. The fraction of sp³-hybridized carbons (Fsp3) is 0.353. The van der Waals surface area contributed by atoms with Crippen molar-refractivity contribution in [3.63, 3.8) is 0 Å². The number of hydrogen-bond acceptors (Lipinski definition) is 2. The molecule has 0 bridgehead atoms. The highest BCUT2D eigenvalue weighted by molar-refractivity contribution is 5.83. The number of carboxylic acid groups (broad SMARTS) is 1. The van der Waals surface area contributed by atoms with Crippen molar-refractivity contribution in [3.8, 4) is 0 Å². The highest BCUT2D eigenvalue weighted by atomic mass is 16.5. The molecule has 1 N–H and O–H groups in total. The zero-order chi connectivity index (χ0) is 14.0. The van der Waals surface area contributed by atoms with Crippen LogP contribution in [0.1, 0.15) is 18.4 Å². The summed E-state index contributed by atoms with van der Waals surface area (Å²) < 4.78 is 5.32. The lowest BCUT2D eigenvalue weighted by Crippen LogP contribution is -2.39. The number of benzene rings is 2. The molecule has 1 aliphatic heterocycles. The van der Waals surface area contributed by atoms with Gasteiger partial charge in [0.05, 0.1) is 5.41 Å². The van der Waals surface area contributed by atoms with E-state index >= 15 is 0 Å². The molecule has 2 aromatic rings. The Morgan fingerprint density at radius 2 is 1.80 bits per heavy atom. The van der Waals surface area contributed by atoms with E-state index < -0.39 is 11.4 Å². The largest absolute Gasteiger partial charge is 0.481 e. The van der Waals surface area contributed by atoms with Gasteiger partial charge < -0.3 is 9.84 Å². The van der Waals surface area contributed by atoms with E-state index in [4.69, 9.17) is 4.74 Å². The van der Waals surface area contributed by atoms with Gasteiger partial charge in [0.15, 0.2) is 0 Å². The van der Waals surface area contributed by atoms with Gasteiger partial charge in [0.1, 0.15) is 0 Å². The van der Waals surface area contributed by atoms with E-state index in [0.29, 0.717) is 32.5 Å². The van der Waals surface area contributed by atoms with E-state index in [2.05, 4.69) is 24.3 Å². The molecule has 0 aliphatic carbocycles. The van der Waals surface area contributed by atoms with Gasteiger partial charge in [0.2, 0.25) is 0 Å². The standard InChI is InChI=1S/C17H18O3/c18-16(19)17(7-9-20-10-8-17)12-13-5-6-14-3-1-2-4-15(14)11-13/h1-6,11H,7-10,12H2,(H,18,19). The van der Waals surface area contributed by atoms with Crippen LogP contribution >= 0.6 is 0 Å². The summed E-state index contributed by atoms with van der Waals surface area (Å²) in [5.41, 5.74) is 0.425. The van der Waals surface area contributed by atoms with Crippen molar-refractivity contribution in [1.29, 1.82) is 0 Å². The van der Waals surface area contributed by atoms with Crippen LogP contribution in [-0.4, -0.2) is 24.3 Å². The fourth-order valence-corrected chi connectivity index (χ4v) is 2.97. The molecule has 20 heavy (non-hydrogen) atoms. The van der Waals surface area contributed by atoms with Gasteiger partial charge in [-0.1, -0.05) is 42.5 Å². The summed E-state index contributed by atoms with van der Waals surface area (Å²) in [7, 11) is 0. The maximum atomic E-state index is 11.7. The maximum Gasteiger partial charge on any atom is 0.310 e. The van der Waals surface area contributed by atoms with Gasteiger partial charge in [-0.2, -0.15) is 0 Å². The lowest BCUT2D eigenvalue weighted by molar-refractivity contribution is -0.154. The molecule has 0 radical (unpaired) electrons. The Morgan fingerprint density at radius 1 is 1.10 bits per heavy atom. The van der Waals surface area contributed by atoms with Gasteiger partial charge in [-0.25, -0.2) is 0 Å². The van der Waals surface area contributed by atoms with Crippen LogP contribution in [0.15, 0.2) is 42.5 Å². The van der Waals surface area contributed by atoms with E-state index in [-0.39, 0.29) is 0 Å². The number of ether oxygens (including phenoxy) is 1. The number of aliphatic carboxylic acids is 1. The Kier molecular flexibility index (Phi) is 3.45. The third-order valence-corrected chi connectivity index (χ3v) is 4.26. The van der Waals surface area contributed by atoms with Gasteiger partial charge in [0.25, 0.3) is 0 Å². The molecule has 3 heteroatoms. The first-order valence-electron chi connectivity index (χ1n) is 6.98. The maximum absolute atomic E-state index is 11.7. The van der Waals surface area contributed by atoms with Crippen LogP contribution < -0.4 is 0 Å². The summed E-state index contributed by atoms with van der Waals surface area (Å²) in [4.78, 5) is 11.7. The first-order chi connectivity index (χ1) is 9.70. The predicted molar refractivity (Wildman–Crippen MR) is 77.8 cm³/mol. The van der Waals surface area contributed by atoms with E-state index in [1.165, 1.54) is 5.39 Å². The van der Waals surface area contributed by atoms with Gasteiger partial charge in [-0.05, 0) is 35.6 Å². The number of fused-ring (bicyclic) bond motifs is 1. The monoisotopic (exact) mass is 270 g/mol. The second kappa shape index (κ2) is 5.25. The van der Waals surface area contributed by atoms with E-state index in [0.717, 1.165) is 10.9 Å². The summed E-state index contributed by atoms with van der Waals surface area (Å²) in [6.07, 6.45) is 1.76. The SMILES string of the molecule is O=C(O)C1(Cc2ccc3ccccc3c2)CCOCC1. The molecule has 0 amide bonds. The summed E-state index contributed by atoms with van der Waals surface area (Å²) in [6, 6.07) is 14.4. The smallest absolute Gasteiger partial charge is 0.310 e. The summed E-state index contributed by atoms with van der Waals surface area (Å²) in [5.74, 6) is -0.700. The molecule has 0 atom stereocenters. The first kappa shape index (κ1) is 13.1. The molecule has 0 spiro atoms. The second-order valence-corrected chi connectivity index (χ2v) is 5.56. The van der Waals surface area contributed by atoms with Crippen molar-refractivity contribution in [2.75, 3.05) is 13.2 Å². The van der Waals surface area contributed by atoms with E-state index in [1.807, 2.05) is 18.2 Å². The molecule has 3 rings (SSSR count). The Labute approximate surface area is 118 Å². The van der Waals surface area contributed by atoms with Gasteiger partial charge >= 0.3 is 5.97 Å². The van der Waals surface area contributed by atoms with E-state index in [9.17, 15) is 9.90 Å². The summed E-state index contributed by atoms with van der Waals surface area (Å²) in [5, 5.41) is 12.0. The van der Waals surface area contributed by atoms with Crippen LogP contribution in [0.25, 0.3) is 10.8 Å². The van der Waals surface area contributed by atoms with E-state index in [1.54, 1.807) is 0 Å². The highest BCUT2D eigenvalue weighted by Gasteiger charge is 2.40. The minimum Gasteiger partial charge on any atom is -0.481 e. The molecular formula is C17H18O3. The minimum atomic E-state index is -0.700. The number of carbonyl (C=O) groups is 1. The zero-order valence-corrected chi connectivity index (χ0v) is 11.3. The number of carboxylic acids is 1. The molecule has 0 saturated carbocycles. The second-order valence-electron chi connectivity index (χ2n) is 5.56. The Balaban J connectivity index is 1.92. The van der Waals surface area contributed by atoms with Crippen LogP contribution in [-0.2, 0) is 16.0 Å². The average molecular weight is 270 g/mol. The van der Waals surface area contributed by atoms with Crippen LogP contribution in [0.4, 0.5) is 0 Å². The molecule has 0 unspecified atom stereocenters. The summed E-state index contributed by atoms with van der Waals surface area (Å²) >= 11 is 0. The number of rotatable bonds is 3. The van der Waals surface area contributed by atoms with Crippen molar-refractivity contribution in [3.05, 3.63) is 48.0 Å². The zero-order valence-electron chi connectivity index (χ0n) is 11.3. The quantitative estimate of drug-likeness (QED) is 0.931. The molecule has 3 nitrogen and oxygen atoms in total. The Bertz CT molecular complexity index is 627. The lowest BCUT2D eigenvalue weighted by atomic mass is 9.75. The lowest BCUT2D eigenvalue weighted by Gasteiger charge is -2.33. The molecule has 2 aromatic carbocycles. The average Bonchev–Trinajstić information content (AvgIpc) is 2.48. The van der Waals surface area contributed by atoms with Crippen molar-refractivity contribution in [2.45, 2.75) is 19.3 Å². The molecule has 1 saturated heterocycles.